The first-order valence-corrected chi connectivity index (χ1v) is 6.18. The molecule has 0 aliphatic rings. The smallest absolute Gasteiger partial charge is 0.319 e. The number of carbonyl (C=O) groups excluding carboxylic acids is 2. The van der Waals surface area contributed by atoms with Crippen LogP contribution in [0.3, 0.4) is 0 Å². The Morgan fingerprint density at radius 3 is 2.37 bits per heavy atom. The summed E-state index contributed by atoms with van der Waals surface area (Å²) < 4.78 is 0. The number of nitrogens with two attached hydrogens (primary N) is 1. The molecule has 0 fully saturated rings. The zero-order valence-electron chi connectivity index (χ0n) is 11.2. The van der Waals surface area contributed by atoms with Gasteiger partial charge >= 0.3 is 6.03 Å². The maximum Gasteiger partial charge on any atom is 0.319 e. The molecule has 1 rings (SSSR count). The minimum absolute atomic E-state index is 0.0707. The van der Waals surface area contributed by atoms with Crippen LogP contribution in [0.15, 0.2) is 24.3 Å². The van der Waals surface area contributed by atoms with E-state index in [0.717, 1.165) is 0 Å². The van der Waals surface area contributed by atoms with E-state index >= 15 is 0 Å². The fourth-order valence-electron chi connectivity index (χ4n) is 1.42. The molecule has 0 saturated heterocycles. The van der Waals surface area contributed by atoms with Crippen molar-refractivity contribution in [2.75, 3.05) is 18.4 Å². The van der Waals surface area contributed by atoms with E-state index in [1.54, 1.807) is 24.3 Å². The van der Waals surface area contributed by atoms with Crippen LogP contribution < -0.4 is 21.7 Å². The molecule has 0 radical (unpaired) electrons. The number of anilines is 1. The number of rotatable bonds is 5. The number of nitrogens with one attached hydrogen (secondary N) is 3. The molecule has 0 spiro atoms. The normalized spacial score (nSPS) is 10.1. The van der Waals surface area contributed by atoms with Crippen LogP contribution in [-0.2, 0) is 0 Å². The van der Waals surface area contributed by atoms with Gasteiger partial charge in [-0.3, -0.25) is 4.79 Å². The first kappa shape index (κ1) is 15.0. The molecule has 1 aromatic rings. The molecule has 104 valence electrons. The van der Waals surface area contributed by atoms with Crippen molar-refractivity contribution >= 4 is 17.6 Å². The van der Waals surface area contributed by atoms with Gasteiger partial charge in [-0.15, -0.1) is 0 Å². The Hall–Kier alpha value is -2.08. The van der Waals surface area contributed by atoms with Crippen LogP contribution in [0, 0.1) is 0 Å². The van der Waals surface area contributed by atoms with Gasteiger partial charge in [-0.1, -0.05) is 0 Å². The van der Waals surface area contributed by atoms with Gasteiger partial charge in [0.25, 0.3) is 5.91 Å². The van der Waals surface area contributed by atoms with Crippen molar-refractivity contribution in [3.63, 3.8) is 0 Å². The standard InChI is InChI=1S/C13H20N4O2/c1-9(2)16-13(19)17-11-5-3-10(4-6-11)12(18)15-8-7-14/h3-6,9H,7-8,14H2,1-2H3,(H,15,18)(H2,16,17,19). The predicted octanol–water partition coefficient (Wildman–Crippen LogP) is 0.905. The molecule has 6 nitrogen and oxygen atoms in total. The van der Waals surface area contributed by atoms with E-state index in [4.69, 9.17) is 5.73 Å². The van der Waals surface area contributed by atoms with Crippen molar-refractivity contribution in [3.8, 4) is 0 Å². The first-order chi connectivity index (χ1) is 9.02. The third kappa shape index (κ3) is 5.39. The van der Waals surface area contributed by atoms with Gasteiger partial charge in [0.05, 0.1) is 0 Å². The van der Waals surface area contributed by atoms with E-state index in [1.165, 1.54) is 0 Å². The van der Waals surface area contributed by atoms with Gasteiger partial charge in [0.15, 0.2) is 0 Å². The van der Waals surface area contributed by atoms with Gasteiger partial charge in [0, 0.05) is 30.4 Å². The third-order valence-corrected chi connectivity index (χ3v) is 2.25. The van der Waals surface area contributed by atoms with Crippen LogP contribution in [0.25, 0.3) is 0 Å². The maximum absolute atomic E-state index is 11.6. The highest BCUT2D eigenvalue weighted by Gasteiger charge is 2.06. The second-order valence-electron chi connectivity index (χ2n) is 4.38. The SMILES string of the molecule is CC(C)NC(=O)Nc1ccc(C(=O)NCCN)cc1. The number of carbonyl (C=O) groups is 2. The molecule has 5 N–H and O–H groups in total. The Morgan fingerprint density at radius 2 is 1.84 bits per heavy atom. The number of amides is 3. The lowest BCUT2D eigenvalue weighted by Gasteiger charge is -2.10. The summed E-state index contributed by atoms with van der Waals surface area (Å²) in [6.07, 6.45) is 0. The highest BCUT2D eigenvalue weighted by atomic mass is 16.2. The van der Waals surface area contributed by atoms with E-state index < -0.39 is 0 Å². The molecule has 1 aromatic carbocycles. The molecule has 6 heteroatoms. The summed E-state index contributed by atoms with van der Waals surface area (Å²) in [7, 11) is 0. The van der Waals surface area contributed by atoms with Crippen LogP contribution in [0.4, 0.5) is 10.5 Å². The number of urea groups is 1. The van der Waals surface area contributed by atoms with Crippen molar-refractivity contribution in [1.82, 2.24) is 10.6 Å². The molecule has 19 heavy (non-hydrogen) atoms. The zero-order valence-corrected chi connectivity index (χ0v) is 11.2. The fourth-order valence-corrected chi connectivity index (χ4v) is 1.42. The lowest BCUT2D eigenvalue weighted by Crippen LogP contribution is -2.34. The molecular formula is C13H20N4O2. The summed E-state index contributed by atoms with van der Waals surface area (Å²) in [6.45, 7) is 4.60. The average molecular weight is 264 g/mol. The van der Waals surface area contributed by atoms with Crippen molar-refractivity contribution in [3.05, 3.63) is 29.8 Å². The molecule has 0 unspecified atom stereocenters. The van der Waals surface area contributed by atoms with E-state index in [-0.39, 0.29) is 18.0 Å². The first-order valence-electron chi connectivity index (χ1n) is 6.18. The fraction of sp³-hybridized carbons (Fsp3) is 0.385. The lowest BCUT2D eigenvalue weighted by molar-refractivity contribution is 0.0955. The Morgan fingerprint density at radius 1 is 1.21 bits per heavy atom. The maximum atomic E-state index is 11.6. The van der Waals surface area contributed by atoms with Crippen LogP contribution in [0.5, 0.6) is 0 Å². The summed E-state index contributed by atoms with van der Waals surface area (Å²) in [6, 6.07) is 6.46. The van der Waals surface area contributed by atoms with E-state index in [1.807, 2.05) is 13.8 Å². The van der Waals surface area contributed by atoms with E-state index in [2.05, 4.69) is 16.0 Å². The Balaban J connectivity index is 2.56. The van der Waals surface area contributed by atoms with Crippen molar-refractivity contribution in [1.29, 1.82) is 0 Å². The number of hydrogen-bond acceptors (Lipinski definition) is 3. The molecule has 0 aliphatic heterocycles. The van der Waals surface area contributed by atoms with Crippen LogP contribution >= 0.6 is 0 Å². The molecule has 0 aliphatic carbocycles. The summed E-state index contributed by atoms with van der Waals surface area (Å²) >= 11 is 0. The minimum atomic E-state index is -0.268. The van der Waals surface area contributed by atoms with Crippen LogP contribution in [-0.4, -0.2) is 31.1 Å². The van der Waals surface area contributed by atoms with Gasteiger partial charge < -0.3 is 21.7 Å². The second-order valence-corrected chi connectivity index (χ2v) is 4.38. The minimum Gasteiger partial charge on any atom is -0.351 e. The molecule has 0 atom stereocenters. The highest BCUT2D eigenvalue weighted by Crippen LogP contribution is 2.09. The highest BCUT2D eigenvalue weighted by molar-refractivity contribution is 5.95. The zero-order chi connectivity index (χ0) is 14.3. The van der Waals surface area contributed by atoms with Gasteiger partial charge in [-0.25, -0.2) is 4.79 Å². The molecule has 0 saturated carbocycles. The predicted molar refractivity (Wildman–Crippen MR) is 75.1 cm³/mol. The van der Waals surface area contributed by atoms with Crippen molar-refractivity contribution in [2.45, 2.75) is 19.9 Å². The number of benzene rings is 1. The monoisotopic (exact) mass is 264 g/mol. The molecule has 0 heterocycles. The van der Waals surface area contributed by atoms with Gasteiger partial charge in [-0.2, -0.15) is 0 Å². The molecule has 3 amide bonds. The van der Waals surface area contributed by atoms with Crippen LogP contribution in [0.1, 0.15) is 24.2 Å². The molecule has 0 bridgehead atoms. The Labute approximate surface area is 112 Å². The summed E-state index contributed by atoms with van der Waals surface area (Å²) in [5.41, 5.74) is 6.47. The molecular weight excluding hydrogens is 244 g/mol. The average Bonchev–Trinajstić information content (AvgIpc) is 2.35. The van der Waals surface area contributed by atoms with Crippen LogP contribution in [0.2, 0.25) is 0 Å². The lowest BCUT2D eigenvalue weighted by atomic mass is 10.2. The second kappa shape index (κ2) is 7.38. The quantitative estimate of drug-likeness (QED) is 0.636. The van der Waals surface area contributed by atoms with Crippen molar-refractivity contribution < 1.29 is 9.59 Å². The Bertz CT molecular complexity index is 429. The summed E-state index contributed by atoms with van der Waals surface area (Å²) in [5, 5.41) is 8.07. The molecule has 0 aromatic heterocycles. The largest absolute Gasteiger partial charge is 0.351 e. The topological polar surface area (TPSA) is 96.2 Å². The van der Waals surface area contributed by atoms with Gasteiger partial charge in [0.2, 0.25) is 0 Å². The summed E-state index contributed by atoms with van der Waals surface area (Å²) in [4.78, 5) is 23.1. The van der Waals surface area contributed by atoms with E-state index in [0.29, 0.717) is 24.3 Å². The van der Waals surface area contributed by atoms with Gasteiger partial charge in [-0.05, 0) is 38.1 Å². The Kier molecular flexibility index (Phi) is 5.81. The summed E-state index contributed by atoms with van der Waals surface area (Å²) in [5.74, 6) is -0.177. The van der Waals surface area contributed by atoms with Gasteiger partial charge in [0.1, 0.15) is 0 Å². The third-order valence-electron chi connectivity index (χ3n) is 2.25. The van der Waals surface area contributed by atoms with E-state index in [9.17, 15) is 9.59 Å². The van der Waals surface area contributed by atoms with Crippen molar-refractivity contribution in [2.24, 2.45) is 5.73 Å². The number of hydrogen-bond donors (Lipinski definition) is 4.